The highest BCUT2D eigenvalue weighted by Crippen LogP contribution is 2.28. The molecule has 1 aromatic carbocycles. The largest absolute Gasteiger partial charge is 0.361 e. The first-order valence-corrected chi connectivity index (χ1v) is 8.42. The predicted octanol–water partition coefficient (Wildman–Crippen LogP) is 3.92. The van der Waals surface area contributed by atoms with Crippen LogP contribution in [0.1, 0.15) is 25.3 Å². The molecule has 0 spiro atoms. The lowest BCUT2D eigenvalue weighted by Gasteiger charge is -2.22. The van der Waals surface area contributed by atoms with Gasteiger partial charge in [0.15, 0.2) is 0 Å². The summed E-state index contributed by atoms with van der Waals surface area (Å²) in [5, 5.41) is 1.41. The smallest absolute Gasteiger partial charge is 0.0457 e. The van der Waals surface area contributed by atoms with Crippen molar-refractivity contribution in [2.24, 2.45) is 0 Å². The van der Waals surface area contributed by atoms with E-state index in [1.807, 2.05) is 11.8 Å². The number of likely N-dealkylation sites (N-methyl/N-ethyl adjacent to an activating group) is 1. The maximum absolute atomic E-state index is 3.42. The third kappa shape index (κ3) is 2.54. The number of rotatable bonds is 4. The molecule has 19 heavy (non-hydrogen) atoms. The van der Waals surface area contributed by atoms with E-state index in [1.165, 1.54) is 53.7 Å². The van der Waals surface area contributed by atoms with Crippen molar-refractivity contribution < 1.29 is 0 Å². The Balaban J connectivity index is 1.88. The van der Waals surface area contributed by atoms with E-state index in [2.05, 4.69) is 47.5 Å². The average Bonchev–Trinajstić information content (AvgIpc) is 3.06. The fourth-order valence-corrected chi connectivity index (χ4v) is 3.69. The molecule has 0 unspecified atom stereocenters. The summed E-state index contributed by atoms with van der Waals surface area (Å²) in [6.45, 7) is 4.74. The van der Waals surface area contributed by atoms with Crippen LogP contribution in [0.4, 0.5) is 0 Å². The number of fused-ring (bicyclic) bond motifs is 1. The van der Waals surface area contributed by atoms with Crippen LogP contribution >= 0.6 is 11.8 Å². The molecular formula is C16H22N2S. The molecule has 1 aliphatic heterocycles. The summed E-state index contributed by atoms with van der Waals surface area (Å²) in [4.78, 5) is 7.39. The number of aromatic amines is 1. The number of hydrogen-bond donors (Lipinski definition) is 1. The number of nitrogens with zero attached hydrogens (tertiary/aromatic N) is 1. The Morgan fingerprint density at radius 1 is 1.42 bits per heavy atom. The summed E-state index contributed by atoms with van der Waals surface area (Å²) in [6.07, 6.45) is 8.25. The van der Waals surface area contributed by atoms with Gasteiger partial charge in [-0.05, 0) is 62.4 Å². The van der Waals surface area contributed by atoms with E-state index in [0.717, 1.165) is 6.04 Å². The zero-order chi connectivity index (χ0) is 13.2. The summed E-state index contributed by atoms with van der Waals surface area (Å²) < 4.78 is 0. The number of thioether (sulfide) groups is 1. The molecule has 1 atom stereocenters. The van der Waals surface area contributed by atoms with Crippen LogP contribution in [0.15, 0.2) is 29.3 Å². The van der Waals surface area contributed by atoms with Crippen LogP contribution < -0.4 is 0 Å². The fraction of sp³-hybridized carbons (Fsp3) is 0.500. The topological polar surface area (TPSA) is 19.0 Å². The van der Waals surface area contributed by atoms with Gasteiger partial charge in [-0.25, -0.2) is 0 Å². The van der Waals surface area contributed by atoms with Crippen LogP contribution in [0, 0.1) is 0 Å². The van der Waals surface area contributed by atoms with Crippen molar-refractivity contribution in [3.8, 4) is 0 Å². The summed E-state index contributed by atoms with van der Waals surface area (Å²) in [5.41, 5.74) is 2.75. The SMILES string of the molecule is CCN1CCC[C@@H]1Cc1c[nH]c2ccc(SC)cc12. The van der Waals surface area contributed by atoms with E-state index in [-0.39, 0.29) is 0 Å². The molecule has 0 aliphatic carbocycles. The van der Waals surface area contributed by atoms with Crippen LogP contribution in [0.3, 0.4) is 0 Å². The van der Waals surface area contributed by atoms with Crippen LogP contribution in [0.2, 0.25) is 0 Å². The molecule has 1 aromatic heterocycles. The van der Waals surface area contributed by atoms with Crippen molar-refractivity contribution in [1.82, 2.24) is 9.88 Å². The molecule has 3 heteroatoms. The Morgan fingerprint density at radius 2 is 2.32 bits per heavy atom. The monoisotopic (exact) mass is 274 g/mol. The van der Waals surface area contributed by atoms with Gasteiger partial charge in [-0.2, -0.15) is 0 Å². The summed E-state index contributed by atoms with van der Waals surface area (Å²) in [7, 11) is 0. The first-order chi connectivity index (χ1) is 9.31. The number of benzene rings is 1. The number of likely N-dealkylation sites (tertiary alicyclic amines) is 1. The van der Waals surface area contributed by atoms with Gasteiger partial charge in [0.2, 0.25) is 0 Å². The highest BCUT2D eigenvalue weighted by Gasteiger charge is 2.23. The Labute approximate surface area is 119 Å². The predicted molar refractivity (Wildman–Crippen MR) is 84.1 cm³/mol. The summed E-state index contributed by atoms with van der Waals surface area (Å²) in [5.74, 6) is 0. The van der Waals surface area contributed by atoms with Gasteiger partial charge in [-0.3, -0.25) is 0 Å². The molecule has 102 valence electrons. The molecular weight excluding hydrogens is 252 g/mol. The second kappa shape index (κ2) is 5.59. The Hall–Kier alpha value is -0.930. The standard InChI is InChI=1S/C16H22N2S/c1-3-18-8-4-5-13(18)9-12-11-17-16-7-6-14(19-2)10-15(12)16/h6-7,10-11,13,17H,3-5,8-9H2,1-2H3/t13-/m1/s1. The van der Waals surface area contributed by atoms with E-state index < -0.39 is 0 Å². The molecule has 0 amide bonds. The fourth-order valence-electron chi connectivity index (χ4n) is 3.25. The normalized spacial score (nSPS) is 20.4. The average molecular weight is 274 g/mol. The number of hydrogen-bond acceptors (Lipinski definition) is 2. The number of H-pyrrole nitrogens is 1. The van der Waals surface area contributed by atoms with Crippen molar-refractivity contribution in [3.05, 3.63) is 30.0 Å². The van der Waals surface area contributed by atoms with Crippen LogP contribution in [0.25, 0.3) is 10.9 Å². The quantitative estimate of drug-likeness (QED) is 0.852. The molecule has 1 saturated heterocycles. The number of nitrogens with one attached hydrogen (secondary N) is 1. The Bertz CT molecular complexity index is 561. The Kier molecular flexibility index (Phi) is 3.85. The van der Waals surface area contributed by atoms with Gasteiger partial charge in [-0.1, -0.05) is 6.92 Å². The summed E-state index contributed by atoms with van der Waals surface area (Å²) in [6, 6.07) is 7.47. The van der Waals surface area contributed by atoms with Crippen LogP contribution in [0.5, 0.6) is 0 Å². The van der Waals surface area contributed by atoms with Gasteiger partial charge in [0, 0.05) is 28.0 Å². The lowest BCUT2D eigenvalue weighted by molar-refractivity contribution is 0.266. The molecule has 2 nitrogen and oxygen atoms in total. The molecule has 0 bridgehead atoms. The molecule has 0 radical (unpaired) electrons. The van der Waals surface area contributed by atoms with E-state index >= 15 is 0 Å². The molecule has 1 N–H and O–H groups in total. The molecule has 1 aliphatic rings. The number of aromatic nitrogens is 1. The first-order valence-electron chi connectivity index (χ1n) is 7.20. The third-order valence-electron chi connectivity index (χ3n) is 4.34. The van der Waals surface area contributed by atoms with Crippen molar-refractivity contribution in [3.63, 3.8) is 0 Å². The van der Waals surface area contributed by atoms with Crippen LogP contribution in [-0.2, 0) is 6.42 Å². The van der Waals surface area contributed by atoms with E-state index in [1.54, 1.807) is 0 Å². The minimum atomic E-state index is 0.738. The zero-order valence-corrected chi connectivity index (χ0v) is 12.6. The van der Waals surface area contributed by atoms with E-state index in [4.69, 9.17) is 0 Å². The van der Waals surface area contributed by atoms with Gasteiger partial charge in [0.05, 0.1) is 0 Å². The molecule has 2 heterocycles. The second-order valence-electron chi connectivity index (χ2n) is 5.35. The Morgan fingerprint density at radius 3 is 3.11 bits per heavy atom. The molecule has 2 aromatic rings. The third-order valence-corrected chi connectivity index (χ3v) is 5.06. The minimum Gasteiger partial charge on any atom is -0.361 e. The van der Waals surface area contributed by atoms with Gasteiger partial charge < -0.3 is 9.88 Å². The summed E-state index contributed by atoms with van der Waals surface area (Å²) >= 11 is 1.82. The lowest BCUT2D eigenvalue weighted by Crippen LogP contribution is -2.30. The molecule has 0 saturated carbocycles. The van der Waals surface area contributed by atoms with Gasteiger partial charge in [-0.15, -0.1) is 11.8 Å². The first kappa shape index (κ1) is 13.1. The van der Waals surface area contributed by atoms with E-state index in [9.17, 15) is 0 Å². The molecule has 1 fully saturated rings. The van der Waals surface area contributed by atoms with Crippen molar-refractivity contribution in [2.45, 2.75) is 37.1 Å². The van der Waals surface area contributed by atoms with Crippen LogP contribution in [-0.4, -0.2) is 35.3 Å². The lowest BCUT2D eigenvalue weighted by atomic mass is 10.0. The molecule has 3 rings (SSSR count). The zero-order valence-electron chi connectivity index (χ0n) is 11.8. The van der Waals surface area contributed by atoms with Gasteiger partial charge in [0.1, 0.15) is 0 Å². The van der Waals surface area contributed by atoms with Gasteiger partial charge >= 0.3 is 0 Å². The van der Waals surface area contributed by atoms with Gasteiger partial charge in [0.25, 0.3) is 0 Å². The maximum atomic E-state index is 3.42. The highest BCUT2D eigenvalue weighted by molar-refractivity contribution is 7.98. The van der Waals surface area contributed by atoms with E-state index in [0.29, 0.717) is 0 Å². The maximum Gasteiger partial charge on any atom is 0.0457 e. The minimum absolute atomic E-state index is 0.738. The van der Waals surface area contributed by atoms with Crippen molar-refractivity contribution in [1.29, 1.82) is 0 Å². The highest BCUT2D eigenvalue weighted by atomic mass is 32.2. The van der Waals surface area contributed by atoms with Crippen molar-refractivity contribution in [2.75, 3.05) is 19.3 Å². The second-order valence-corrected chi connectivity index (χ2v) is 6.23. The van der Waals surface area contributed by atoms with Crippen molar-refractivity contribution >= 4 is 22.7 Å².